The lowest BCUT2D eigenvalue weighted by molar-refractivity contribution is -0.354. The fourth-order valence-corrected chi connectivity index (χ4v) is 8.36. The molecule has 2 aliphatic heterocycles. The van der Waals surface area contributed by atoms with Crippen LogP contribution in [-0.4, -0.2) is 121 Å². The molecule has 12 heteroatoms. The molecule has 0 aromatic heterocycles. The van der Waals surface area contributed by atoms with Gasteiger partial charge in [-0.1, -0.05) is 55.4 Å². The molecule has 2 saturated carbocycles. The van der Waals surface area contributed by atoms with E-state index in [0.29, 0.717) is 36.0 Å². The van der Waals surface area contributed by atoms with Gasteiger partial charge in [-0.3, -0.25) is 4.79 Å². The van der Waals surface area contributed by atoms with Gasteiger partial charge in [-0.2, -0.15) is 0 Å². The van der Waals surface area contributed by atoms with Gasteiger partial charge < -0.3 is 54.7 Å². The number of ether oxygens (including phenoxy) is 4. The number of carbonyl (C=O) groups excluding carboxylic acids is 1. The number of carbonyl (C=O) groups is 1. The van der Waals surface area contributed by atoms with Gasteiger partial charge in [-0.15, -0.1) is 0 Å². The molecule has 54 heavy (non-hydrogen) atoms. The Kier molecular flexibility index (Phi) is 14.9. The van der Waals surface area contributed by atoms with Gasteiger partial charge >= 0.3 is 0 Å². The van der Waals surface area contributed by atoms with Crippen molar-refractivity contribution in [3.63, 3.8) is 0 Å². The second-order valence-electron chi connectivity index (χ2n) is 16.9. The lowest BCUT2D eigenvalue weighted by Crippen LogP contribution is -2.63. The smallest absolute Gasteiger partial charge is 0.187 e. The summed E-state index contributed by atoms with van der Waals surface area (Å²) in [4.78, 5) is 14.3. The largest absolute Gasteiger partial charge is 0.388 e. The quantitative estimate of drug-likeness (QED) is 0.135. The van der Waals surface area contributed by atoms with E-state index in [2.05, 4.69) is 6.58 Å². The Hall–Kier alpha value is -2.07. The van der Waals surface area contributed by atoms with Crippen LogP contribution < -0.4 is 0 Å². The summed E-state index contributed by atoms with van der Waals surface area (Å²) in [5.74, 6) is -1.16. The van der Waals surface area contributed by atoms with Gasteiger partial charge in [-0.05, 0) is 110 Å². The highest BCUT2D eigenvalue weighted by atomic mass is 16.7. The SMILES string of the molecule is C=C1[C@@H]2CCC[C@]2(C)C(=O)[C@H](/C=C(\C)[C@H](O)CC=C(C)C)[C@@]1(O)C/C=C(\C)[C@H](CC=C(C)C)O[C@@H]1O[C@H](C)[C@H](O[C@@H]2O[C@@H](C)[C@H](O)[C@@H](O)[C@H]2O)[C@H](O)[C@H]1O. The molecule has 2 saturated heterocycles. The van der Waals surface area contributed by atoms with Crippen LogP contribution >= 0.6 is 0 Å². The molecule has 2 aliphatic carbocycles. The normalized spacial score (nSPS) is 41.6. The molecule has 0 aromatic carbocycles. The van der Waals surface area contributed by atoms with Crippen LogP contribution in [0.2, 0.25) is 0 Å². The number of ketones is 1. The van der Waals surface area contributed by atoms with Crippen LogP contribution in [0.1, 0.15) is 101 Å². The molecule has 0 bridgehead atoms. The number of fused-ring (bicyclic) bond motifs is 1. The van der Waals surface area contributed by atoms with Gasteiger partial charge in [0.15, 0.2) is 12.6 Å². The van der Waals surface area contributed by atoms with Gasteiger partial charge in [-0.25, -0.2) is 0 Å². The Morgan fingerprint density at radius 3 is 2.07 bits per heavy atom. The van der Waals surface area contributed by atoms with Crippen LogP contribution in [0.25, 0.3) is 0 Å². The van der Waals surface area contributed by atoms with Crippen molar-refractivity contribution in [2.24, 2.45) is 17.3 Å². The van der Waals surface area contributed by atoms with E-state index >= 15 is 0 Å². The minimum atomic E-state index is -1.63. The second kappa shape index (κ2) is 18.0. The number of allylic oxidation sites excluding steroid dienone is 2. The average molecular weight is 763 g/mol. The molecule has 4 fully saturated rings. The minimum absolute atomic E-state index is 0.0505. The Labute approximate surface area is 320 Å². The van der Waals surface area contributed by atoms with E-state index in [4.69, 9.17) is 18.9 Å². The number of aliphatic hydroxyl groups excluding tert-OH is 6. The average Bonchev–Trinajstić information content (AvgIpc) is 3.52. The Balaban J connectivity index is 1.58. The van der Waals surface area contributed by atoms with E-state index in [1.54, 1.807) is 19.9 Å². The van der Waals surface area contributed by atoms with Gasteiger partial charge in [0.2, 0.25) is 0 Å². The third-order valence-electron chi connectivity index (χ3n) is 12.2. The molecule has 0 amide bonds. The number of hydrogen-bond acceptors (Lipinski definition) is 12. The van der Waals surface area contributed by atoms with Gasteiger partial charge in [0, 0.05) is 5.41 Å². The molecule has 16 atom stereocenters. The zero-order valence-electron chi connectivity index (χ0n) is 33.5. The Morgan fingerprint density at radius 2 is 1.44 bits per heavy atom. The first-order chi connectivity index (χ1) is 25.1. The first kappa shape index (κ1) is 44.6. The number of hydrogen-bond donors (Lipinski definition) is 7. The first-order valence-electron chi connectivity index (χ1n) is 19.4. The summed E-state index contributed by atoms with van der Waals surface area (Å²) in [6.45, 7) is 20.9. The van der Waals surface area contributed by atoms with Crippen LogP contribution in [0.4, 0.5) is 0 Å². The molecular weight excluding hydrogens is 696 g/mol. The summed E-state index contributed by atoms with van der Waals surface area (Å²) < 4.78 is 23.8. The van der Waals surface area contributed by atoms with Crippen molar-refractivity contribution in [2.75, 3.05) is 0 Å². The van der Waals surface area contributed by atoms with Crippen molar-refractivity contribution in [1.82, 2.24) is 0 Å². The lowest BCUT2D eigenvalue weighted by atomic mass is 9.55. The molecule has 4 aliphatic rings. The topological polar surface area (TPSA) is 196 Å². The molecule has 4 rings (SSSR count). The zero-order valence-corrected chi connectivity index (χ0v) is 33.5. The van der Waals surface area contributed by atoms with Gasteiger partial charge in [0.25, 0.3) is 0 Å². The minimum Gasteiger partial charge on any atom is -0.388 e. The number of rotatable bonds is 13. The summed E-state index contributed by atoms with van der Waals surface area (Å²) in [5.41, 5.74) is 1.72. The van der Waals surface area contributed by atoms with Crippen LogP contribution in [0.15, 0.2) is 58.7 Å². The van der Waals surface area contributed by atoms with Crippen LogP contribution in [0.3, 0.4) is 0 Å². The zero-order chi connectivity index (χ0) is 40.4. The van der Waals surface area contributed by atoms with Crippen LogP contribution in [0, 0.1) is 17.3 Å². The predicted molar refractivity (Wildman–Crippen MR) is 203 cm³/mol. The number of aliphatic hydroxyl groups is 7. The predicted octanol–water partition coefficient (Wildman–Crippen LogP) is 3.70. The first-order valence-corrected chi connectivity index (χ1v) is 19.4. The van der Waals surface area contributed by atoms with Gasteiger partial charge in [0.05, 0.1) is 30.3 Å². The highest BCUT2D eigenvalue weighted by molar-refractivity contribution is 5.92. The molecule has 0 radical (unpaired) electrons. The standard InChI is InChI=1S/C42H66O12/c1-21(2)13-15-30(43)24(6)20-29-38(49)41(10)18-11-12-28(41)25(7)42(29,50)19-17-23(5)31(16-14-22(3)4)53-39-36(48)34(46)37(27(9)52-39)54-40-35(47)33(45)32(44)26(8)51-40/h13-14,17,20,26-37,39-40,43-48,50H,7,11-12,15-16,18-19H2,1-6,8-10H3/b23-17+,24-20+/t26-,27+,28-,29-,30+,31-,32-,33+,34+,35+,36+,37-,39-,40-,41-,42+/m0/s1. The molecule has 12 nitrogen and oxygen atoms in total. The fraction of sp³-hybridized carbons (Fsp3) is 0.738. The van der Waals surface area contributed by atoms with Crippen molar-refractivity contribution in [1.29, 1.82) is 0 Å². The van der Waals surface area contributed by atoms with E-state index in [1.807, 2.05) is 59.8 Å². The highest BCUT2D eigenvalue weighted by Crippen LogP contribution is 2.58. The molecule has 7 N–H and O–H groups in total. The molecule has 0 unspecified atom stereocenters. The van der Waals surface area contributed by atoms with Crippen LogP contribution in [0.5, 0.6) is 0 Å². The fourth-order valence-electron chi connectivity index (χ4n) is 8.36. The van der Waals surface area contributed by atoms with E-state index in [0.717, 1.165) is 24.0 Å². The van der Waals surface area contributed by atoms with E-state index in [9.17, 15) is 40.5 Å². The Bertz CT molecular complexity index is 1460. The third kappa shape index (κ3) is 9.37. The maximum Gasteiger partial charge on any atom is 0.187 e. The summed E-state index contributed by atoms with van der Waals surface area (Å²) >= 11 is 0. The van der Waals surface area contributed by atoms with E-state index in [-0.39, 0.29) is 18.1 Å². The van der Waals surface area contributed by atoms with Gasteiger partial charge in [0.1, 0.15) is 48.0 Å². The van der Waals surface area contributed by atoms with Crippen molar-refractivity contribution in [3.8, 4) is 0 Å². The molecule has 0 aromatic rings. The Morgan fingerprint density at radius 1 is 0.852 bits per heavy atom. The summed E-state index contributed by atoms with van der Waals surface area (Å²) in [5, 5.41) is 76.7. The molecular formula is C42H66O12. The lowest BCUT2D eigenvalue weighted by Gasteiger charge is -2.49. The van der Waals surface area contributed by atoms with E-state index < -0.39 is 90.6 Å². The van der Waals surface area contributed by atoms with Crippen molar-refractivity contribution in [2.45, 2.75) is 180 Å². The molecule has 306 valence electrons. The maximum absolute atomic E-state index is 14.3. The monoisotopic (exact) mass is 762 g/mol. The highest BCUT2D eigenvalue weighted by Gasteiger charge is 2.60. The maximum atomic E-state index is 14.3. The third-order valence-corrected chi connectivity index (χ3v) is 12.2. The summed E-state index contributed by atoms with van der Waals surface area (Å²) in [7, 11) is 0. The summed E-state index contributed by atoms with van der Waals surface area (Å²) in [6.07, 6.45) is -4.10. The van der Waals surface area contributed by atoms with Crippen LogP contribution in [-0.2, 0) is 23.7 Å². The molecule has 0 spiro atoms. The second-order valence-corrected chi connectivity index (χ2v) is 16.9. The molecule has 2 heterocycles. The van der Waals surface area contributed by atoms with E-state index in [1.165, 1.54) is 6.92 Å². The van der Waals surface area contributed by atoms with Crippen molar-refractivity contribution in [3.05, 3.63) is 58.7 Å². The summed E-state index contributed by atoms with van der Waals surface area (Å²) in [6, 6.07) is 0. The number of Topliss-reactive ketones (excluding diaryl/α,β-unsaturated/α-hetero) is 1. The van der Waals surface area contributed by atoms with Crippen molar-refractivity contribution >= 4 is 5.78 Å². The van der Waals surface area contributed by atoms with Crippen molar-refractivity contribution < 1.29 is 59.5 Å².